The number of rotatable bonds is 5. The smallest absolute Gasteiger partial charge is 0.223 e. The van der Waals surface area contributed by atoms with Crippen molar-refractivity contribution in [3.63, 3.8) is 0 Å². The minimum absolute atomic E-state index is 0.285. The largest absolute Gasteiger partial charge is 0.356 e. The maximum atomic E-state index is 11.4. The molecule has 1 saturated carbocycles. The molecule has 0 spiro atoms. The molecule has 2 rings (SSSR count). The molecule has 0 aromatic rings. The number of piperidine rings is 1. The second-order valence-electron chi connectivity index (χ2n) is 5.44. The summed E-state index contributed by atoms with van der Waals surface area (Å²) >= 11 is 0. The van der Waals surface area contributed by atoms with E-state index in [-0.39, 0.29) is 5.91 Å². The molecule has 1 aliphatic carbocycles. The highest BCUT2D eigenvalue weighted by Crippen LogP contribution is 2.28. The summed E-state index contributed by atoms with van der Waals surface area (Å²) in [4.78, 5) is 13.9. The molecule has 0 aromatic heterocycles. The number of nitrogens with one attached hydrogen (secondary N) is 1. The Morgan fingerprint density at radius 2 is 1.94 bits per heavy atom. The van der Waals surface area contributed by atoms with Gasteiger partial charge in [0.05, 0.1) is 0 Å². The Morgan fingerprint density at radius 1 is 1.25 bits per heavy atom. The second kappa shape index (κ2) is 5.67. The molecule has 92 valence electrons. The van der Waals surface area contributed by atoms with Crippen molar-refractivity contribution in [2.75, 3.05) is 26.2 Å². The monoisotopic (exact) mass is 224 g/mol. The topological polar surface area (TPSA) is 32.3 Å². The fourth-order valence-electron chi connectivity index (χ4n) is 2.29. The van der Waals surface area contributed by atoms with Gasteiger partial charge in [0.15, 0.2) is 0 Å². The summed E-state index contributed by atoms with van der Waals surface area (Å²) < 4.78 is 0. The minimum atomic E-state index is 0.285. The number of nitrogens with zero attached hydrogens (tertiary/aromatic N) is 1. The second-order valence-corrected chi connectivity index (χ2v) is 5.44. The zero-order valence-corrected chi connectivity index (χ0v) is 10.4. The van der Waals surface area contributed by atoms with Crippen molar-refractivity contribution in [3.05, 3.63) is 0 Å². The minimum Gasteiger partial charge on any atom is -0.356 e. The van der Waals surface area contributed by atoms with E-state index in [9.17, 15) is 4.79 Å². The van der Waals surface area contributed by atoms with E-state index in [0.29, 0.717) is 5.92 Å². The highest BCUT2D eigenvalue weighted by molar-refractivity contribution is 5.80. The molecule has 3 heteroatoms. The van der Waals surface area contributed by atoms with Crippen LogP contribution in [0.15, 0.2) is 0 Å². The highest BCUT2D eigenvalue weighted by Gasteiger charge is 2.29. The third-order valence-electron chi connectivity index (χ3n) is 3.77. The van der Waals surface area contributed by atoms with Gasteiger partial charge in [-0.1, -0.05) is 6.92 Å². The molecule has 1 saturated heterocycles. The van der Waals surface area contributed by atoms with Crippen molar-refractivity contribution < 1.29 is 4.79 Å². The van der Waals surface area contributed by atoms with Gasteiger partial charge in [0, 0.05) is 12.5 Å². The average Bonchev–Trinajstić information content (AvgIpc) is 3.10. The number of hydrogen-bond acceptors (Lipinski definition) is 2. The van der Waals surface area contributed by atoms with Gasteiger partial charge in [0.1, 0.15) is 0 Å². The van der Waals surface area contributed by atoms with E-state index in [1.807, 2.05) is 0 Å². The molecule has 2 fully saturated rings. The van der Waals surface area contributed by atoms with Gasteiger partial charge in [-0.25, -0.2) is 0 Å². The lowest BCUT2D eigenvalue weighted by Gasteiger charge is -2.30. The van der Waals surface area contributed by atoms with E-state index in [4.69, 9.17) is 0 Å². The molecule has 0 radical (unpaired) electrons. The Balaban J connectivity index is 1.49. The maximum Gasteiger partial charge on any atom is 0.223 e. The van der Waals surface area contributed by atoms with Crippen molar-refractivity contribution >= 4 is 5.91 Å². The fraction of sp³-hybridized carbons (Fsp3) is 0.923. The summed E-state index contributed by atoms with van der Waals surface area (Å²) in [7, 11) is 0. The lowest BCUT2D eigenvalue weighted by molar-refractivity contribution is -0.122. The number of hydrogen-bond donors (Lipinski definition) is 1. The van der Waals surface area contributed by atoms with Crippen LogP contribution in [0.25, 0.3) is 0 Å². The first kappa shape index (κ1) is 11.9. The molecule has 2 aliphatic rings. The van der Waals surface area contributed by atoms with Gasteiger partial charge in [0.2, 0.25) is 5.91 Å². The Hall–Kier alpha value is -0.570. The summed E-state index contributed by atoms with van der Waals surface area (Å²) in [6.45, 7) is 6.85. The molecule has 16 heavy (non-hydrogen) atoms. The molecular formula is C13H24N2O. The molecule has 1 heterocycles. The first-order valence-corrected chi connectivity index (χ1v) is 6.76. The first-order chi connectivity index (χ1) is 7.75. The van der Waals surface area contributed by atoms with E-state index >= 15 is 0 Å². The summed E-state index contributed by atoms with van der Waals surface area (Å²) in [5.74, 6) is 1.55. The summed E-state index contributed by atoms with van der Waals surface area (Å²) in [6, 6.07) is 0. The van der Waals surface area contributed by atoms with Crippen LogP contribution in [0.5, 0.6) is 0 Å². The molecule has 0 bridgehead atoms. The predicted molar refractivity (Wildman–Crippen MR) is 65.2 cm³/mol. The van der Waals surface area contributed by atoms with Crippen LogP contribution in [-0.4, -0.2) is 37.0 Å². The van der Waals surface area contributed by atoms with Crippen LogP contribution in [-0.2, 0) is 4.79 Å². The Labute approximate surface area is 98.6 Å². The van der Waals surface area contributed by atoms with Crippen LogP contribution in [0.1, 0.15) is 39.0 Å². The third kappa shape index (κ3) is 3.78. The van der Waals surface area contributed by atoms with Gasteiger partial charge in [-0.2, -0.15) is 0 Å². The van der Waals surface area contributed by atoms with E-state index < -0.39 is 0 Å². The molecule has 0 unspecified atom stereocenters. The molecule has 1 amide bonds. The van der Waals surface area contributed by atoms with Crippen LogP contribution in [0, 0.1) is 11.8 Å². The number of carbonyl (C=O) groups is 1. The zero-order chi connectivity index (χ0) is 11.4. The summed E-state index contributed by atoms with van der Waals surface area (Å²) in [5, 5.41) is 3.03. The van der Waals surface area contributed by atoms with Crippen LogP contribution in [0.2, 0.25) is 0 Å². The van der Waals surface area contributed by atoms with Gasteiger partial charge in [-0.05, 0) is 57.7 Å². The van der Waals surface area contributed by atoms with Crippen molar-refractivity contribution in [2.45, 2.75) is 39.0 Å². The normalized spacial score (nSPS) is 23.3. The van der Waals surface area contributed by atoms with Crippen LogP contribution < -0.4 is 5.32 Å². The van der Waals surface area contributed by atoms with Gasteiger partial charge >= 0.3 is 0 Å². The van der Waals surface area contributed by atoms with Crippen molar-refractivity contribution in [3.8, 4) is 0 Å². The predicted octanol–water partition coefficient (Wildman–Crippen LogP) is 1.63. The van der Waals surface area contributed by atoms with Crippen molar-refractivity contribution in [1.82, 2.24) is 10.2 Å². The average molecular weight is 224 g/mol. The number of carbonyl (C=O) groups excluding carboxylic acids is 1. The first-order valence-electron chi connectivity index (χ1n) is 6.76. The lowest BCUT2D eigenvalue weighted by Crippen LogP contribution is -2.35. The fourth-order valence-corrected chi connectivity index (χ4v) is 2.29. The third-order valence-corrected chi connectivity index (χ3v) is 3.77. The molecule has 1 aliphatic heterocycles. The van der Waals surface area contributed by atoms with Gasteiger partial charge < -0.3 is 10.2 Å². The Morgan fingerprint density at radius 3 is 2.56 bits per heavy atom. The molecule has 1 N–H and O–H groups in total. The molecular weight excluding hydrogens is 200 g/mol. The highest BCUT2D eigenvalue weighted by atomic mass is 16.2. The lowest BCUT2D eigenvalue weighted by atomic mass is 9.99. The zero-order valence-electron chi connectivity index (χ0n) is 10.4. The molecule has 0 atom stereocenters. The number of likely N-dealkylation sites (tertiary alicyclic amines) is 1. The van der Waals surface area contributed by atoms with Gasteiger partial charge in [-0.3, -0.25) is 4.79 Å². The quantitative estimate of drug-likeness (QED) is 0.720. The summed E-state index contributed by atoms with van der Waals surface area (Å²) in [6.07, 6.45) is 6.00. The van der Waals surface area contributed by atoms with E-state index in [2.05, 4.69) is 17.1 Å². The SMILES string of the molecule is CC1CCN(CCCNC(=O)C2CC2)CC1. The molecule has 0 aromatic carbocycles. The standard InChI is InChI=1S/C13H24N2O/c1-11-5-9-15(10-6-11)8-2-7-14-13(16)12-3-4-12/h11-12H,2-10H2,1H3,(H,14,16). The maximum absolute atomic E-state index is 11.4. The summed E-state index contributed by atoms with van der Waals surface area (Å²) in [5.41, 5.74) is 0. The van der Waals surface area contributed by atoms with Crippen LogP contribution in [0.4, 0.5) is 0 Å². The molecule has 3 nitrogen and oxygen atoms in total. The van der Waals surface area contributed by atoms with Gasteiger partial charge in [-0.15, -0.1) is 0 Å². The van der Waals surface area contributed by atoms with Crippen molar-refractivity contribution in [1.29, 1.82) is 0 Å². The van der Waals surface area contributed by atoms with Crippen LogP contribution in [0.3, 0.4) is 0 Å². The Kier molecular flexibility index (Phi) is 4.22. The van der Waals surface area contributed by atoms with E-state index in [1.54, 1.807) is 0 Å². The van der Waals surface area contributed by atoms with E-state index in [0.717, 1.165) is 38.3 Å². The van der Waals surface area contributed by atoms with Gasteiger partial charge in [0.25, 0.3) is 0 Å². The number of amides is 1. The van der Waals surface area contributed by atoms with E-state index in [1.165, 1.54) is 25.9 Å². The van der Waals surface area contributed by atoms with Crippen LogP contribution >= 0.6 is 0 Å². The Bertz CT molecular complexity index is 230. The van der Waals surface area contributed by atoms with Crippen molar-refractivity contribution in [2.24, 2.45) is 11.8 Å².